The van der Waals surface area contributed by atoms with Gasteiger partial charge < -0.3 is 4.90 Å². The molecule has 1 heterocycles. The summed E-state index contributed by atoms with van der Waals surface area (Å²) in [6.45, 7) is 4.64. The van der Waals surface area contributed by atoms with Crippen LogP contribution in [0.4, 0.5) is 4.39 Å². The van der Waals surface area contributed by atoms with Gasteiger partial charge >= 0.3 is 0 Å². The molecule has 0 fully saturated rings. The average Bonchev–Trinajstić information content (AvgIpc) is 2.82. The zero-order chi connectivity index (χ0) is 23.4. The van der Waals surface area contributed by atoms with Crippen molar-refractivity contribution in [2.24, 2.45) is 0 Å². The summed E-state index contributed by atoms with van der Waals surface area (Å²) >= 11 is 1.23. The highest BCUT2D eigenvalue weighted by Gasteiger charge is 2.18. The van der Waals surface area contributed by atoms with Gasteiger partial charge in [-0.2, -0.15) is 0 Å². The number of thioether (sulfide) groups is 1. The van der Waals surface area contributed by atoms with Gasteiger partial charge in [0, 0.05) is 13.1 Å². The van der Waals surface area contributed by atoms with Crippen molar-refractivity contribution in [1.29, 1.82) is 0 Å². The molecule has 7 heteroatoms. The molecule has 0 aliphatic rings. The number of hydrogen-bond donors (Lipinski definition) is 0. The van der Waals surface area contributed by atoms with E-state index in [0.29, 0.717) is 29.1 Å². The summed E-state index contributed by atoms with van der Waals surface area (Å²) in [5, 5.41) is 0.987. The van der Waals surface area contributed by atoms with Crippen LogP contribution in [0, 0.1) is 12.7 Å². The Hall–Kier alpha value is -3.45. The SMILES string of the molecule is CCN(Cc1cccc(F)c1)C(=O)CSc1nc2ccccc2c(=O)n1-c1ccccc1C. The zero-order valence-electron chi connectivity index (χ0n) is 18.5. The molecule has 5 nitrogen and oxygen atoms in total. The molecule has 0 bridgehead atoms. The molecule has 1 amide bonds. The van der Waals surface area contributed by atoms with Crippen molar-refractivity contribution in [1.82, 2.24) is 14.5 Å². The van der Waals surface area contributed by atoms with Gasteiger partial charge in [0.1, 0.15) is 5.82 Å². The standard InChI is InChI=1S/C26H24FN3O2S/c1-3-29(16-19-10-8-11-20(27)15-19)24(31)17-33-26-28-22-13-6-5-12-21(22)25(32)30(26)23-14-7-4-9-18(23)2/h4-15H,3,16-17H2,1-2H3. The number of hydrogen-bond acceptors (Lipinski definition) is 4. The van der Waals surface area contributed by atoms with Gasteiger partial charge in [-0.3, -0.25) is 14.2 Å². The minimum Gasteiger partial charge on any atom is -0.338 e. The van der Waals surface area contributed by atoms with Crippen molar-refractivity contribution in [2.75, 3.05) is 12.3 Å². The molecule has 0 aliphatic carbocycles. The van der Waals surface area contributed by atoms with Crippen LogP contribution in [0.3, 0.4) is 0 Å². The van der Waals surface area contributed by atoms with Crippen LogP contribution in [0.25, 0.3) is 16.6 Å². The predicted octanol–water partition coefficient (Wildman–Crippen LogP) is 4.97. The number of fused-ring (bicyclic) bond motifs is 1. The van der Waals surface area contributed by atoms with Crippen LogP contribution in [0.1, 0.15) is 18.1 Å². The molecule has 0 saturated carbocycles. The number of para-hydroxylation sites is 2. The van der Waals surface area contributed by atoms with Crippen molar-refractivity contribution in [3.8, 4) is 5.69 Å². The summed E-state index contributed by atoms with van der Waals surface area (Å²) < 4.78 is 15.1. The van der Waals surface area contributed by atoms with E-state index in [2.05, 4.69) is 0 Å². The quantitative estimate of drug-likeness (QED) is 0.288. The zero-order valence-corrected chi connectivity index (χ0v) is 19.3. The molecule has 33 heavy (non-hydrogen) atoms. The summed E-state index contributed by atoms with van der Waals surface area (Å²) in [6, 6.07) is 21.1. The minimum atomic E-state index is -0.326. The van der Waals surface area contributed by atoms with Gasteiger partial charge in [0.25, 0.3) is 5.56 Å². The molecule has 0 unspecified atom stereocenters. The smallest absolute Gasteiger partial charge is 0.266 e. The summed E-state index contributed by atoms with van der Waals surface area (Å²) in [7, 11) is 0. The molecule has 0 atom stereocenters. The summed E-state index contributed by atoms with van der Waals surface area (Å²) in [4.78, 5) is 32.8. The molecule has 0 saturated heterocycles. The number of aromatic nitrogens is 2. The predicted molar refractivity (Wildman–Crippen MR) is 130 cm³/mol. The lowest BCUT2D eigenvalue weighted by atomic mass is 10.2. The number of halogens is 1. The Morgan fingerprint density at radius 2 is 1.82 bits per heavy atom. The second kappa shape index (κ2) is 10.0. The van der Waals surface area contributed by atoms with Crippen molar-refractivity contribution in [2.45, 2.75) is 25.5 Å². The van der Waals surface area contributed by atoms with E-state index >= 15 is 0 Å². The van der Waals surface area contributed by atoms with E-state index in [4.69, 9.17) is 4.98 Å². The first-order chi connectivity index (χ1) is 16.0. The summed E-state index contributed by atoms with van der Waals surface area (Å²) in [5.74, 6) is -0.321. The maximum absolute atomic E-state index is 13.5. The van der Waals surface area contributed by atoms with Gasteiger partial charge in [-0.1, -0.05) is 54.2 Å². The van der Waals surface area contributed by atoms with Gasteiger partial charge in [-0.25, -0.2) is 9.37 Å². The lowest BCUT2D eigenvalue weighted by Gasteiger charge is -2.21. The monoisotopic (exact) mass is 461 g/mol. The fourth-order valence-electron chi connectivity index (χ4n) is 3.69. The van der Waals surface area contributed by atoms with Crippen molar-refractivity contribution < 1.29 is 9.18 Å². The molecule has 1 aromatic heterocycles. The molecular formula is C26H24FN3O2S. The first-order valence-electron chi connectivity index (χ1n) is 10.7. The van der Waals surface area contributed by atoms with Gasteiger partial charge in [-0.05, 0) is 55.3 Å². The fourth-order valence-corrected chi connectivity index (χ4v) is 4.59. The number of benzene rings is 3. The Morgan fingerprint density at radius 3 is 2.58 bits per heavy atom. The topological polar surface area (TPSA) is 55.2 Å². The number of carbonyl (C=O) groups excluding carboxylic acids is 1. The van der Waals surface area contributed by atoms with E-state index in [9.17, 15) is 14.0 Å². The summed E-state index contributed by atoms with van der Waals surface area (Å²) in [6.07, 6.45) is 0. The van der Waals surface area contributed by atoms with Gasteiger partial charge in [0.15, 0.2) is 5.16 Å². The number of amides is 1. The van der Waals surface area contributed by atoms with Gasteiger partial charge in [0.05, 0.1) is 22.3 Å². The lowest BCUT2D eigenvalue weighted by molar-refractivity contribution is -0.128. The Balaban J connectivity index is 1.65. The van der Waals surface area contributed by atoms with E-state index in [1.807, 2.05) is 50.2 Å². The van der Waals surface area contributed by atoms with Crippen LogP contribution >= 0.6 is 11.8 Å². The molecule has 4 rings (SSSR count). The molecule has 168 valence electrons. The van der Waals surface area contributed by atoms with Crippen LogP contribution in [0.15, 0.2) is 82.7 Å². The number of aryl methyl sites for hydroxylation is 1. The summed E-state index contributed by atoms with van der Waals surface area (Å²) in [5.41, 5.74) is 2.83. The molecule has 3 aromatic carbocycles. The Labute approximate surface area is 195 Å². The number of carbonyl (C=O) groups is 1. The highest BCUT2D eigenvalue weighted by atomic mass is 32.2. The third-order valence-electron chi connectivity index (χ3n) is 5.42. The second-order valence-corrected chi connectivity index (χ2v) is 8.61. The van der Waals surface area contributed by atoms with E-state index < -0.39 is 0 Å². The first-order valence-corrected chi connectivity index (χ1v) is 11.7. The van der Waals surface area contributed by atoms with Crippen LogP contribution in [-0.4, -0.2) is 32.7 Å². The van der Waals surface area contributed by atoms with Crippen molar-refractivity contribution in [3.05, 3.63) is 100 Å². The minimum absolute atomic E-state index is 0.106. The second-order valence-electron chi connectivity index (χ2n) is 7.67. The highest BCUT2D eigenvalue weighted by Crippen LogP contribution is 2.23. The van der Waals surface area contributed by atoms with Crippen LogP contribution in [-0.2, 0) is 11.3 Å². The molecule has 4 aromatic rings. The average molecular weight is 462 g/mol. The maximum atomic E-state index is 13.5. The Bertz CT molecular complexity index is 1370. The largest absolute Gasteiger partial charge is 0.338 e. The Morgan fingerprint density at radius 1 is 1.06 bits per heavy atom. The highest BCUT2D eigenvalue weighted by molar-refractivity contribution is 7.99. The molecule has 0 radical (unpaired) electrons. The normalized spacial score (nSPS) is 11.0. The van der Waals surface area contributed by atoms with Crippen LogP contribution < -0.4 is 5.56 Å². The van der Waals surface area contributed by atoms with Crippen molar-refractivity contribution >= 4 is 28.6 Å². The van der Waals surface area contributed by atoms with Crippen molar-refractivity contribution in [3.63, 3.8) is 0 Å². The van der Waals surface area contributed by atoms with Gasteiger partial charge in [0.2, 0.25) is 5.91 Å². The number of rotatable bonds is 7. The molecule has 0 spiro atoms. The van der Waals surface area contributed by atoms with Crippen LogP contribution in [0.5, 0.6) is 0 Å². The van der Waals surface area contributed by atoms with Crippen LogP contribution in [0.2, 0.25) is 0 Å². The van der Waals surface area contributed by atoms with E-state index in [1.54, 1.807) is 33.7 Å². The Kier molecular flexibility index (Phi) is 6.89. The maximum Gasteiger partial charge on any atom is 0.266 e. The van der Waals surface area contributed by atoms with Gasteiger partial charge in [-0.15, -0.1) is 0 Å². The number of nitrogens with zero attached hydrogens (tertiary/aromatic N) is 3. The van der Waals surface area contributed by atoms with E-state index in [1.165, 1.54) is 23.9 Å². The first kappa shape index (κ1) is 22.7. The van der Waals surface area contributed by atoms with E-state index in [-0.39, 0.29) is 23.0 Å². The molecular weight excluding hydrogens is 437 g/mol. The lowest BCUT2D eigenvalue weighted by Crippen LogP contribution is -2.32. The third kappa shape index (κ3) is 4.98. The third-order valence-corrected chi connectivity index (χ3v) is 6.35. The molecule has 0 aliphatic heterocycles. The van der Waals surface area contributed by atoms with E-state index in [0.717, 1.165) is 16.8 Å². The molecule has 0 N–H and O–H groups in total. The fraction of sp³-hybridized carbons (Fsp3) is 0.192.